The molecule has 0 spiro atoms. The van der Waals surface area contributed by atoms with Crippen molar-refractivity contribution in [3.8, 4) is 0 Å². The van der Waals surface area contributed by atoms with Crippen LogP contribution in [0.4, 0.5) is 5.95 Å². The lowest BCUT2D eigenvalue weighted by molar-refractivity contribution is -0.113. The monoisotopic (exact) mass is 240 g/mol. The van der Waals surface area contributed by atoms with Gasteiger partial charge in [0.15, 0.2) is 0 Å². The van der Waals surface area contributed by atoms with Crippen LogP contribution in [-0.2, 0) is 4.79 Å². The summed E-state index contributed by atoms with van der Waals surface area (Å²) in [4.78, 5) is 19.3. The van der Waals surface area contributed by atoms with Crippen LogP contribution < -0.4 is 11.1 Å². The average Bonchev–Trinajstić information content (AvgIpc) is 2.30. The number of hydrogen-bond donors (Lipinski definition) is 2. The molecule has 1 rings (SSSR count). The van der Waals surface area contributed by atoms with Crippen molar-refractivity contribution >= 4 is 23.6 Å². The van der Waals surface area contributed by atoms with Gasteiger partial charge in [0.05, 0.1) is 5.75 Å². The van der Waals surface area contributed by atoms with E-state index in [1.807, 2.05) is 0 Å². The second kappa shape index (κ2) is 7.19. The molecule has 0 saturated carbocycles. The van der Waals surface area contributed by atoms with Crippen LogP contribution in [0.1, 0.15) is 6.92 Å². The number of carbonyl (C=O) groups excluding carboxylic acids is 1. The highest BCUT2D eigenvalue weighted by atomic mass is 32.2. The highest BCUT2D eigenvalue weighted by Gasteiger charge is 2.05. The molecule has 88 valence electrons. The Morgan fingerprint density at radius 3 is 2.88 bits per heavy atom. The molecule has 0 aliphatic carbocycles. The molecule has 0 fully saturated rings. The van der Waals surface area contributed by atoms with E-state index in [0.29, 0.717) is 24.2 Å². The Balaban J connectivity index is 2.21. The van der Waals surface area contributed by atoms with Crippen molar-refractivity contribution in [3.63, 3.8) is 0 Å². The fourth-order valence-electron chi connectivity index (χ4n) is 0.945. The van der Waals surface area contributed by atoms with Crippen LogP contribution in [0.2, 0.25) is 0 Å². The lowest BCUT2D eigenvalue weighted by atomic mass is 10.2. The van der Waals surface area contributed by atoms with E-state index in [1.165, 1.54) is 0 Å². The fourth-order valence-corrected chi connectivity index (χ4v) is 1.86. The number of amides is 1. The third-order valence-corrected chi connectivity index (χ3v) is 3.13. The van der Waals surface area contributed by atoms with Crippen molar-refractivity contribution < 1.29 is 4.79 Å². The number of nitrogens with two attached hydrogens (primary N) is 1. The first-order valence-corrected chi connectivity index (χ1v) is 6.22. The van der Waals surface area contributed by atoms with Crippen molar-refractivity contribution in [1.29, 1.82) is 0 Å². The Bertz CT molecular complexity index is 320. The number of anilines is 1. The van der Waals surface area contributed by atoms with E-state index in [4.69, 9.17) is 5.73 Å². The lowest BCUT2D eigenvalue weighted by Gasteiger charge is -2.07. The van der Waals surface area contributed by atoms with Crippen LogP contribution in [-0.4, -0.2) is 33.9 Å². The van der Waals surface area contributed by atoms with Crippen LogP contribution in [0.3, 0.4) is 0 Å². The molecular formula is C10H16N4OS. The van der Waals surface area contributed by atoms with Crippen molar-refractivity contribution in [2.75, 3.05) is 23.4 Å². The van der Waals surface area contributed by atoms with E-state index in [9.17, 15) is 4.79 Å². The van der Waals surface area contributed by atoms with Crippen LogP contribution in [0, 0.1) is 5.92 Å². The molecule has 1 amide bonds. The van der Waals surface area contributed by atoms with E-state index in [2.05, 4.69) is 22.2 Å². The number of rotatable bonds is 6. The molecule has 0 aliphatic heterocycles. The minimum absolute atomic E-state index is 0.0829. The molecule has 0 radical (unpaired) electrons. The molecule has 0 bridgehead atoms. The summed E-state index contributed by atoms with van der Waals surface area (Å²) in [7, 11) is 0. The van der Waals surface area contributed by atoms with Gasteiger partial charge >= 0.3 is 0 Å². The smallest absolute Gasteiger partial charge is 0.236 e. The third kappa shape index (κ3) is 5.09. The molecule has 16 heavy (non-hydrogen) atoms. The Hall–Kier alpha value is -1.14. The zero-order valence-corrected chi connectivity index (χ0v) is 10.0. The number of thioether (sulfide) groups is 1. The summed E-state index contributed by atoms with van der Waals surface area (Å²) in [5, 5.41) is 2.62. The molecule has 1 aromatic heterocycles. The van der Waals surface area contributed by atoms with Crippen molar-refractivity contribution in [3.05, 3.63) is 18.5 Å². The normalized spacial score (nSPS) is 12.1. The number of nitrogens with one attached hydrogen (secondary N) is 1. The van der Waals surface area contributed by atoms with Crippen LogP contribution in [0.25, 0.3) is 0 Å². The predicted molar refractivity (Wildman–Crippen MR) is 66.2 cm³/mol. The van der Waals surface area contributed by atoms with Crippen LogP contribution in [0.15, 0.2) is 18.5 Å². The summed E-state index contributed by atoms with van der Waals surface area (Å²) >= 11 is 1.57. The van der Waals surface area contributed by atoms with Gasteiger partial charge in [0.2, 0.25) is 11.9 Å². The lowest BCUT2D eigenvalue weighted by Crippen LogP contribution is -2.18. The van der Waals surface area contributed by atoms with E-state index in [1.54, 1.807) is 30.2 Å². The second-order valence-electron chi connectivity index (χ2n) is 3.48. The van der Waals surface area contributed by atoms with Crippen LogP contribution >= 0.6 is 11.8 Å². The highest BCUT2D eigenvalue weighted by molar-refractivity contribution is 7.99. The van der Waals surface area contributed by atoms with E-state index in [0.717, 1.165) is 5.75 Å². The molecule has 5 nitrogen and oxygen atoms in total. The Labute approximate surface area is 99.2 Å². The topological polar surface area (TPSA) is 80.9 Å². The van der Waals surface area contributed by atoms with Crippen molar-refractivity contribution in [2.45, 2.75) is 6.92 Å². The van der Waals surface area contributed by atoms with Gasteiger partial charge in [-0.3, -0.25) is 10.1 Å². The minimum Gasteiger partial charge on any atom is -0.330 e. The maximum absolute atomic E-state index is 11.4. The zero-order valence-electron chi connectivity index (χ0n) is 9.22. The van der Waals surface area contributed by atoms with Crippen molar-refractivity contribution in [2.24, 2.45) is 11.7 Å². The summed E-state index contributed by atoms with van der Waals surface area (Å²) in [5.41, 5.74) is 5.48. The van der Waals surface area contributed by atoms with E-state index < -0.39 is 0 Å². The molecule has 1 aromatic rings. The second-order valence-corrected chi connectivity index (χ2v) is 4.51. The molecule has 6 heteroatoms. The summed E-state index contributed by atoms with van der Waals surface area (Å²) < 4.78 is 0. The minimum atomic E-state index is -0.0829. The van der Waals surface area contributed by atoms with Gasteiger partial charge < -0.3 is 5.73 Å². The number of hydrogen-bond acceptors (Lipinski definition) is 5. The molecule has 1 unspecified atom stereocenters. The molecule has 0 saturated heterocycles. The van der Waals surface area contributed by atoms with Gasteiger partial charge in [0.1, 0.15) is 0 Å². The number of nitrogens with zero attached hydrogens (tertiary/aromatic N) is 2. The first kappa shape index (κ1) is 12.9. The largest absolute Gasteiger partial charge is 0.330 e. The Kier molecular flexibility index (Phi) is 5.81. The predicted octanol–water partition coefficient (Wildman–Crippen LogP) is 0.743. The number of carbonyl (C=O) groups is 1. The van der Waals surface area contributed by atoms with Crippen molar-refractivity contribution in [1.82, 2.24) is 9.97 Å². The molecule has 0 aliphatic rings. The summed E-state index contributed by atoms with van der Waals surface area (Å²) in [6, 6.07) is 1.70. The average molecular weight is 240 g/mol. The van der Waals surface area contributed by atoms with E-state index in [-0.39, 0.29) is 5.91 Å². The van der Waals surface area contributed by atoms with Gasteiger partial charge in [0.25, 0.3) is 0 Å². The summed E-state index contributed by atoms with van der Waals surface area (Å²) in [6.07, 6.45) is 3.18. The first-order chi connectivity index (χ1) is 7.72. The molecule has 1 heterocycles. The quantitative estimate of drug-likeness (QED) is 0.766. The van der Waals surface area contributed by atoms with Gasteiger partial charge in [0, 0.05) is 12.4 Å². The maximum Gasteiger partial charge on any atom is 0.236 e. The first-order valence-electron chi connectivity index (χ1n) is 5.07. The molecule has 0 aromatic carbocycles. The van der Waals surface area contributed by atoms with Crippen LogP contribution in [0.5, 0.6) is 0 Å². The van der Waals surface area contributed by atoms with E-state index >= 15 is 0 Å². The highest BCUT2D eigenvalue weighted by Crippen LogP contribution is 2.07. The zero-order chi connectivity index (χ0) is 11.8. The third-order valence-electron chi connectivity index (χ3n) is 1.85. The van der Waals surface area contributed by atoms with Gasteiger partial charge in [-0.1, -0.05) is 6.92 Å². The standard InChI is InChI=1S/C10H16N4OS/c1-8(5-11)6-16-7-9(15)14-10-12-3-2-4-13-10/h2-4,8H,5-7,11H2,1H3,(H,12,13,14,15). The molecular weight excluding hydrogens is 224 g/mol. The summed E-state index contributed by atoms with van der Waals surface area (Å²) in [6.45, 7) is 2.71. The Morgan fingerprint density at radius 2 is 2.25 bits per heavy atom. The maximum atomic E-state index is 11.4. The summed E-state index contributed by atoms with van der Waals surface area (Å²) in [5.74, 6) is 1.99. The van der Waals surface area contributed by atoms with Gasteiger partial charge in [-0.05, 0) is 24.3 Å². The van der Waals surface area contributed by atoms with Gasteiger partial charge in [-0.25, -0.2) is 9.97 Å². The fraction of sp³-hybridized carbons (Fsp3) is 0.500. The van der Waals surface area contributed by atoms with Gasteiger partial charge in [-0.15, -0.1) is 0 Å². The van der Waals surface area contributed by atoms with Gasteiger partial charge in [-0.2, -0.15) is 11.8 Å². The SMILES string of the molecule is CC(CN)CSCC(=O)Nc1ncccn1. The number of aromatic nitrogens is 2. The Morgan fingerprint density at radius 1 is 1.56 bits per heavy atom. The molecule has 3 N–H and O–H groups in total. The molecule has 1 atom stereocenters.